The molecular formula is C29H25N5O2S. The van der Waals surface area contributed by atoms with Gasteiger partial charge in [-0.3, -0.25) is 9.59 Å². The number of benzene rings is 3. The molecule has 2 aromatic heterocycles. The highest BCUT2D eigenvalue weighted by atomic mass is 32.2. The Balaban J connectivity index is 1.42. The van der Waals surface area contributed by atoms with E-state index in [0.717, 1.165) is 33.5 Å². The van der Waals surface area contributed by atoms with Crippen molar-refractivity contribution < 1.29 is 9.59 Å². The highest BCUT2D eigenvalue weighted by Crippen LogP contribution is 2.33. The topological polar surface area (TPSA) is 89.8 Å². The first kappa shape index (κ1) is 24.4. The van der Waals surface area contributed by atoms with Gasteiger partial charge in [0.1, 0.15) is 0 Å². The number of pyridine rings is 1. The van der Waals surface area contributed by atoms with Crippen molar-refractivity contribution in [1.82, 2.24) is 19.7 Å². The molecule has 2 heterocycles. The Hall–Kier alpha value is -4.30. The van der Waals surface area contributed by atoms with Crippen LogP contribution in [0.4, 0.5) is 5.69 Å². The minimum Gasteiger partial charge on any atom is -0.325 e. The smallest absolute Gasteiger partial charge is 0.234 e. The van der Waals surface area contributed by atoms with Crippen molar-refractivity contribution >= 4 is 40.0 Å². The van der Waals surface area contributed by atoms with Crippen LogP contribution < -0.4 is 5.32 Å². The first-order valence-corrected chi connectivity index (χ1v) is 12.9. The van der Waals surface area contributed by atoms with E-state index in [2.05, 4.69) is 21.6 Å². The van der Waals surface area contributed by atoms with Crippen LogP contribution in [-0.2, 0) is 11.3 Å². The average molecular weight is 508 g/mol. The Bertz CT molecular complexity index is 1600. The predicted molar refractivity (Wildman–Crippen MR) is 148 cm³/mol. The number of carbonyl (C=O) groups is 2. The van der Waals surface area contributed by atoms with Gasteiger partial charge >= 0.3 is 0 Å². The summed E-state index contributed by atoms with van der Waals surface area (Å²) in [5, 5.41) is 13.5. The summed E-state index contributed by atoms with van der Waals surface area (Å²) in [5.41, 5.74) is 4.86. The molecule has 1 amide bonds. The Morgan fingerprint density at radius 1 is 0.919 bits per heavy atom. The maximum absolute atomic E-state index is 12.6. The van der Waals surface area contributed by atoms with Crippen molar-refractivity contribution in [3.8, 4) is 22.6 Å². The summed E-state index contributed by atoms with van der Waals surface area (Å²) < 4.78 is 2.02. The standard InChI is InChI=1S/C29H25N5O2S/c1-3-34-28(24-17-26(20-10-5-4-6-11-20)31-25-15-8-7-14-23(24)25)32-33-29(34)37-18-27(36)30-22-13-9-12-21(16-22)19(2)35/h4-17H,3,18H2,1-2H3,(H,30,36). The summed E-state index contributed by atoms with van der Waals surface area (Å²) in [7, 11) is 0. The van der Waals surface area contributed by atoms with Gasteiger partial charge in [-0.2, -0.15) is 0 Å². The highest BCUT2D eigenvalue weighted by Gasteiger charge is 2.18. The van der Waals surface area contributed by atoms with Crippen LogP contribution in [0.1, 0.15) is 24.2 Å². The molecule has 7 nitrogen and oxygen atoms in total. The van der Waals surface area contributed by atoms with Gasteiger partial charge in [-0.25, -0.2) is 4.98 Å². The molecule has 0 unspecified atom stereocenters. The summed E-state index contributed by atoms with van der Waals surface area (Å²) in [5.74, 6) is 0.663. The molecule has 37 heavy (non-hydrogen) atoms. The molecule has 0 atom stereocenters. The molecule has 0 aliphatic carbocycles. The third kappa shape index (κ3) is 5.29. The number of hydrogen-bond donors (Lipinski definition) is 1. The lowest BCUT2D eigenvalue weighted by atomic mass is 10.0. The van der Waals surface area contributed by atoms with E-state index in [4.69, 9.17) is 4.98 Å². The van der Waals surface area contributed by atoms with Crippen molar-refractivity contribution in [2.75, 3.05) is 11.1 Å². The second-order valence-electron chi connectivity index (χ2n) is 8.46. The maximum atomic E-state index is 12.6. The van der Waals surface area contributed by atoms with Gasteiger partial charge in [0.25, 0.3) is 0 Å². The number of rotatable bonds is 8. The number of carbonyl (C=O) groups excluding carboxylic acids is 2. The van der Waals surface area contributed by atoms with Gasteiger partial charge in [0, 0.05) is 34.3 Å². The summed E-state index contributed by atoms with van der Waals surface area (Å²) in [6, 6.07) is 27.0. The number of thioether (sulfide) groups is 1. The second-order valence-corrected chi connectivity index (χ2v) is 9.41. The Morgan fingerprint density at radius 2 is 1.70 bits per heavy atom. The van der Waals surface area contributed by atoms with Crippen LogP contribution >= 0.6 is 11.8 Å². The normalized spacial score (nSPS) is 11.0. The molecule has 0 spiro atoms. The van der Waals surface area contributed by atoms with Crippen molar-refractivity contribution in [1.29, 1.82) is 0 Å². The van der Waals surface area contributed by atoms with Crippen molar-refractivity contribution in [3.63, 3.8) is 0 Å². The van der Waals surface area contributed by atoms with Crippen LogP contribution in [-0.4, -0.2) is 37.2 Å². The summed E-state index contributed by atoms with van der Waals surface area (Å²) in [6.07, 6.45) is 0. The van der Waals surface area contributed by atoms with Gasteiger partial charge in [0.2, 0.25) is 5.91 Å². The van der Waals surface area contributed by atoms with E-state index in [1.165, 1.54) is 18.7 Å². The van der Waals surface area contributed by atoms with Gasteiger partial charge in [-0.1, -0.05) is 72.4 Å². The molecule has 184 valence electrons. The fraction of sp³-hybridized carbons (Fsp3) is 0.138. The molecule has 0 aliphatic rings. The molecule has 0 bridgehead atoms. The SMILES string of the molecule is CCn1c(SCC(=O)Nc2cccc(C(C)=O)c2)nnc1-c1cc(-c2ccccc2)nc2ccccc12. The highest BCUT2D eigenvalue weighted by molar-refractivity contribution is 7.99. The fourth-order valence-electron chi connectivity index (χ4n) is 4.14. The lowest BCUT2D eigenvalue weighted by Crippen LogP contribution is -2.15. The Morgan fingerprint density at radius 3 is 2.49 bits per heavy atom. The van der Waals surface area contributed by atoms with E-state index in [1.54, 1.807) is 24.3 Å². The molecule has 0 aliphatic heterocycles. The van der Waals surface area contributed by atoms with Crippen LogP contribution in [0.25, 0.3) is 33.5 Å². The van der Waals surface area contributed by atoms with Gasteiger partial charge in [-0.15, -0.1) is 10.2 Å². The Kier molecular flexibility index (Phi) is 7.09. The van der Waals surface area contributed by atoms with Gasteiger partial charge in [0.05, 0.1) is 17.0 Å². The van der Waals surface area contributed by atoms with Gasteiger partial charge < -0.3 is 9.88 Å². The number of aromatic nitrogens is 4. The molecule has 5 rings (SSSR count). The predicted octanol–water partition coefficient (Wildman–Crippen LogP) is 6.11. The lowest BCUT2D eigenvalue weighted by molar-refractivity contribution is -0.113. The van der Waals surface area contributed by atoms with Gasteiger partial charge in [-0.05, 0) is 38.1 Å². The molecule has 0 radical (unpaired) electrons. The zero-order valence-electron chi connectivity index (χ0n) is 20.5. The first-order valence-electron chi connectivity index (χ1n) is 12.0. The number of ketones is 1. The monoisotopic (exact) mass is 507 g/mol. The number of Topliss-reactive ketones (excluding diaryl/α,β-unsaturated/α-hetero) is 1. The van der Waals surface area contributed by atoms with Crippen molar-refractivity contribution in [2.24, 2.45) is 0 Å². The maximum Gasteiger partial charge on any atom is 0.234 e. The minimum atomic E-state index is -0.182. The number of anilines is 1. The summed E-state index contributed by atoms with van der Waals surface area (Å²) in [6.45, 7) is 4.18. The summed E-state index contributed by atoms with van der Waals surface area (Å²) in [4.78, 5) is 29.1. The van der Waals surface area contributed by atoms with Crippen LogP contribution in [0.15, 0.2) is 90.1 Å². The zero-order valence-corrected chi connectivity index (χ0v) is 21.3. The molecule has 8 heteroatoms. The van der Waals surface area contributed by atoms with Crippen LogP contribution in [0, 0.1) is 0 Å². The zero-order chi connectivity index (χ0) is 25.8. The van der Waals surface area contributed by atoms with Crippen molar-refractivity contribution in [3.05, 3.63) is 90.5 Å². The molecule has 5 aromatic rings. The van der Waals surface area contributed by atoms with Crippen LogP contribution in [0.5, 0.6) is 0 Å². The van der Waals surface area contributed by atoms with E-state index in [1.807, 2.05) is 66.1 Å². The largest absolute Gasteiger partial charge is 0.325 e. The number of para-hydroxylation sites is 1. The lowest BCUT2D eigenvalue weighted by Gasteiger charge is -2.12. The molecule has 0 fully saturated rings. The third-order valence-electron chi connectivity index (χ3n) is 5.94. The van der Waals surface area contributed by atoms with E-state index < -0.39 is 0 Å². The quantitative estimate of drug-likeness (QED) is 0.201. The number of hydrogen-bond acceptors (Lipinski definition) is 6. The van der Waals surface area contributed by atoms with E-state index >= 15 is 0 Å². The van der Waals surface area contributed by atoms with E-state index in [9.17, 15) is 9.59 Å². The molecule has 0 saturated heterocycles. The number of nitrogens with zero attached hydrogens (tertiary/aromatic N) is 4. The average Bonchev–Trinajstić information content (AvgIpc) is 3.34. The molecule has 1 N–H and O–H groups in total. The minimum absolute atomic E-state index is 0.0480. The number of nitrogens with one attached hydrogen (secondary N) is 1. The van der Waals surface area contributed by atoms with E-state index in [0.29, 0.717) is 23.0 Å². The Labute approximate surface area is 219 Å². The number of fused-ring (bicyclic) bond motifs is 1. The molecular weight excluding hydrogens is 482 g/mol. The third-order valence-corrected chi connectivity index (χ3v) is 6.91. The number of amides is 1. The molecule has 0 saturated carbocycles. The fourth-order valence-corrected chi connectivity index (χ4v) is 4.94. The first-order chi connectivity index (χ1) is 18.0. The second kappa shape index (κ2) is 10.8. The van der Waals surface area contributed by atoms with Crippen molar-refractivity contribution in [2.45, 2.75) is 25.5 Å². The molecule has 3 aromatic carbocycles. The van der Waals surface area contributed by atoms with E-state index in [-0.39, 0.29) is 17.4 Å². The summed E-state index contributed by atoms with van der Waals surface area (Å²) >= 11 is 1.33. The van der Waals surface area contributed by atoms with Crippen LogP contribution in [0.2, 0.25) is 0 Å². The van der Waals surface area contributed by atoms with Crippen LogP contribution in [0.3, 0.4) is 0 Å². The van der Waals surface area contributed by atoms with Gasteiger partial charge in [0.15, 0.2) is 16.8 Å².